The highest BCUT2D eigenvalue weighted by molar-refractivity contribution is 5.50. The van der Waals surface area contributed by atoms with E-state index in [-0.39, 0.29) is 5.82 Å². The second-order valence-corrected chi connectivity index (χ2v) is 6.02. The maximum Gasteiger partial charge on any atom is 0.146 e. The lowest BCUT2D eigenvalue weighted by molar-refractivity contribution is 0.199. The average molecular weight is 295 g/mol. The SMILES string of the molecule is C[C@@H](O)c1ccc(N2CCN(CCN(C)C)CC2)c(F)c1. The van der Waals surface area contributed by atoms with Gasteiger partial charge in [-0.3, -0.25) is 4.90 Å². The Labute approximate surface area is 126 Å². The molecule has 118 valence electrons. The van der Waals surface area contributed by atoms with Crippen LogP contribution >= 0.6 is 0 Å². The van der Waals surface area contributed by atoms with Gasteiger partial charge in [0, 0.05) is 39.3 Å². The first-order valence-corrected chi connectivity index (χ1v) is 7.57. The third kappa shape index (κ3) is 4.40. The smallest absolute Gasteiger partial charge is 0.146 e. The van der Waals surface area contributed by atoms with E-state index in [2.05, 4.69) is 28.8 Å². The Hall–Kier alpha value is -1.17. The van der Waals surface area contributed by atoms with Gasteiger partial charge in [0.05, 0.1) is 11.8 Å². The van der Waals surface area contributed by atoms with Gasteiger partial charge in [0.25, 0.3) is 0 Å². The van der Waals surface area contributed by atoms with Crippen LogP contribution in [0.5, 0.6) is 0 Å². The van der Waals surface area contributed by atoms with Crippen molar-refractivity contribution in [1.29, 1.82) is 0 Å². The van der Waals surface area contributed by atoms with Gasteiger partial charge in [-0.1, -0.05) is 6.07 Å². The molecule has 4 nitrogen and oxygen atoms in total. The van der Waals surface area contributed by atoms with Crippen molar-refractivity contribution in [3.05, 3.63) is 29.6 Å². The normalized spacial score (nSPS) is 18.3. The van der Waals surface area contributed by atoms with Crippen LogP contribution in [0.25, 0.3) is 0 Å². The molecule has 0 spiro atoms. The van der Waals surface area contributed by atoms with Crippen molar-refractivity contribution in [1.82, 2.24) is 9.80 Å². The second kappa shape index (κ2) is 7.20. The van der Waals surface area contributed by atoms with Crippen LogP contribution in [0.3, 0.4) is 0 Å². The van der Waals surface area contributed by atoms with E-state index >= 15 is 0 Å². The minimum absolute atomic E-state index is 0.241. The van der Waals surface area contributed by atoms with Gasteiger partial charge in [0.2, 0.25) is 0 Å². The van der Waals surface area contributed by atoms with Crippen molar-refractivity contribution in [3.63, 3.8) is 0 Å². The maximum absolute atomic E-state index is 14.2. The first kappa shape index (κ1) is 16.2. The molecular formula is C16H26FN3O. The molecule has 0 aromatic heterocycles. The summed E-state index contributed by atoms with van der Waals surface area (Å²) in [5, 5.41) is 9.50. The average Bonchev–Trinajstić information content (AvgIpc) is 2.45. The Morgan fingerprint density at radius 1 is 1.24 bits per heavy atom. The highest BCUT2D eigenvalue weighted by Crippen LogP contribution is 2.24. The Bertz CT molecular complexity index is 457. The maximum atomic E-state index is 14.2. The molecule has 1 atom stereocenters. The molecule has 0 unspecified atom stereocenters. The summed E-state index contributed by atoms with van der Waals surface area (Å²) >= 11 is 0. The summed E-state index contributed by atoms with van der Waals surface area (Å²) in [6, 6.07) is 5.03. The molecule has 21 heavy (non-hydrogen) atoms. The third-order valence-corrected chi connectivity index (χ3v) is 4.03. The molecular weight excluding hydrogens is 269 g/mol. The molecule has 1 aromatic rings. The number of nitrogens with zero attached hydrogens (tertiary/aromatic N) is 3. The molecule has 1 aromatic carbocycles. The van der Waals surface area contributed by atoms with Gasteiger partial charge in [-0.2, -0.15) is 0 Å². The van der Waals surface area contributed by atoms with Crippen molar-refractivity contribution >= 4 is 5.69 Å². The highest BCUT2D eigenvalue weighted by Gasteiger charge is 2.19. The largest absolute Gasteiger partial charge is 0.389 e. The summed E-state index contributed by atoms with van der Waals surface area (Å²) in [6.45, 7) is 7.38. The van der Waals surface area contributed by atoms with E-state index in [1.54, 1.807) is 13.0 Å². The zero-order valence-corrected chi connectivity index (χ0v) is 13.2. The third-order valence-electron chi connectivity index (χ3n) is 4.03. The predicted octanol–water partition coefficient (Wildman–Crippen LogP) is 1.56. The van der Waals surface area contributed by atoms with Gasteiger partial charge >= 0.3 is 0 Å². The zero-order valence-electron chi connectivity index (χ0n) is 13.2. The molecule has 1 fully saturated rings. The van der Waals surface area contributed by atoms with Gasteiger partial charge in [0.15, 0.2) is 0 Å². The summed E-state index contributed by atoms with van der Waals surface area (Å²) in [4.78, 5) is 6.69. The lowest BCUT2D eigenvalue weighted by atomic mass is 10.1. The van der Waals surface area contributed by atoms with Crippen LogP contribution in [-0.2, 0) is 0 Å². The molecule has 5 heteroatoms. The summed E-state index contributed by atoms with van der Waals surface area (Å²) in [5.74, 6) is -0.241. The Morgan fingerprint density at radius 3 is 2.43 bits per heavy atom. The molecule has 2 rings (SSSR count). The molecule has 0 amide bonds. The molecule has 0 saturated carbocycles. The first-order chi connectivity index (χ1) is 9.97. The fourth-order valence-electron chi connectivity index (χ4n) is 2.59. The fourth-order valence-corrected chi connectivity index (χ4v) is 2.59. The van der Waals surface area contributed by atoms with Crippen LogP contribution in [0.1, 0.15) is 18.6 Å². The number of aliphatic hydroxyl groups is 1. The first-order valence-electron chi connectivity index (χ1n) is 7.57. The zero-order chi connectivity index (χ0) is 15.4. The van der Waals surface area contributed by atoms with E-state index in [0.717, 1.165) is 39.3 Å². The summed E-state index contributed by atoms with van der Waals surface area (Å²) in [7, 11) is 4.16. The van der Waals surface area contributed by atoms with Crippen molar-refractivity contribution in [2.75, 3.05) is 58.3 Å². The van der Waals surface area contributed by atoms with Gasteiger partial charge in [0.1, 0.15) is 5.82 Å². The van der Waals surface area contributed by atoms with E-state index in [4.69, 9.17) is 0 Å². The van der Waals surface area contributed by atoms with E-state index < -0.39 is 6.10 Å². The number of piperazine rings is 1. The van der Waals surface area contributed by atoms with Crippen molar-refractivity contribution in [2.45, 2.75) is 13.0 Å². The summed E-state index contributed by atoms with van der Waals surface area (Å²) in [6.07, 6.45) is -0.628. The van der Waals surface area contributed by atoms with Crippen molar-refractivity contribution in [2.24, 2.45) is 0 Å². The van der Waals surface area contributed by atoms with Gasteiger partial charge in [-0.15, -0.1) is 0 Å². The lowest BCUT2D eigenvalue weighted by Gasteiger charge is -2.36. The second-order valence-electron chi connectivity index (χ2n) is 6.02. The number of hydrogen-bond donors (Lipinski definition) is 1. The van der Waals surface area contributed by atoms with E-state index in [9.17, 15) is 9.50 Å². The molecule has 1 heterocycles. The van der Waals surface area contributed by atoms with E-state index in [1.807, 2.05) is 6.07 Å². The topological polar surface area (TPSA) is 30.0 Å². The standard InChI is InChI=1S/C16H26FN3O/c1-13(21)14-4-5-16(15(17)12-14)20-10-8-19(9-11-20)7-6-18(2)3/h4-5,12-13,21H,6-11H2,1-3H3/t13-/m1/s1. The van der Waals surface area contributed by atoms with Gasteiger partial charge < -0.3 is 14.9 Å². The van der Waals surface area contributed by atoms with Crippen LogP contribution in [-0.4, -0.2) is 68.3 Å². The minimum Gasteiger partial charge on any atom is -0.389 e. The number of halogens is 1. The van der Waals surface area contributed by atoms with Crippen LogP contribution in [0.4, 0.5) is 10.1 Å². The molecule has 0 bridgehead atoms. The Balaban J connectivity index is 1.93. The van der Waals surface area contributed by atoms with Gasteiger partial charge in [-0.25, -0.2) is 4.39 Å². The molecule has 1 aliphatic heterocycles. The monoisotopic (exact) mass is 295 g/mol. The lowest BCUT2D eigenvalue weighted by Crippen LogP contribution is -2.48. The molecule has 1 aliphatic rings. The van der Waals surface area contributed by atoms with Crippen LogP contribution in [0.2, 0.25) is 0 Å². The Morgan fingerprint density at radius 2 is 1.90 bits per heavy atom. The molecule has 0 aliphatic carbocycles. The van der Waals surface area contributed by atoms with E-state index in [1.165, 1.54) is 6.07 Å². The molecule has 0 radical (unpaired) electrons. The van der Waals surface area contributed by atoms with Crippen LogP contribution in [0.15, 0.2) is 18.2 Å². The molecule has 1 saturated heterocycles. The van der Waals surface area contributed by atoms with E-state index in [0.29, 0.717) is 11.3 Å². The Kier molecular flexibility index (Phi) is 5.56. The number of hydrogen-bond acceptors (Lipinski definition) is 4. The number of rotatable bonds is 5. The quantitative estimate of drug-likeness (QED) is 0.893. The summed E-state index contributed by atoms with van der Waals surface area (Å²) < 4.78 is 14.2. The van der Waals surface area contributed by atoms with Crippen LogP contribution in [0, 0.1) is 5.82 Å². The fraction of sp³-hybridized carbons (Fsp3) is 0.625. The summed E-state index contributed by atoms with van der Waals surface area (Å²) in [5.41, 5.74) is 1.27. The number of benzene rings is 1. The van der Waals surface area contributed by atoms with Crippen molar-refractivity contribution < 1.29 is 9.50 Å². The number of likely N-dealkylation sites (N-methyl/N-ethyl adjacent to an activating group) is 1. The van der Waals surface area contributed by atoms with Crippen molar-refractivity contribution in [3.8, 4) is 0 Å². The molecule has 1 N–H and O–H groups in total. The van der Waals surface area contributed by atoms with Crippen LogP contribution < -0.4 is 4.90 Å². The number of anilines is 1. The minimum atomic E-state index is -0.628. The predicted molar refractivity (Wildman–Crippen MR) is 84.2 cm³/mol. The highest BCUT2D eigenvalue weighted by atomic mass is 19.1. The number of aliphatic hydroxyl groups excluding tert-OH is 1. The van der Waals surface area contributed by atoms with Gasteiger partial charge in [-0.05, 0) is 38.7 Å².